The summed E-state index contributed by atoms with van der Waals surface area (Å²) in [5.74, 6) is 0.703. The van der Waals surface area contributed by atoms with Gasteiger partial charge in [-0.3, -0.25) is 0 Å². The van der Waals surface area contributed by atoms with Crippen LogP contribution in [0.5, 0.6) is 0 Å². The summed E-state index contributed by atoms with van der Waals surface area (Å²) < 4.78 is 5.59. The third-order valence-electron chi connectivity index (χ3n) is 4.13. The summed E-state index contributed by atoms with van der Waals surface area (Å²) in [4.78, 5) is 2.44. The van der Waals surface area contributed by atoms with Crippen LogP contribution in [0.2, 0.25) is 0 Å². The summed E-state index contributed by atoms with van der Waals surface area (Å²) >= 11 is 0. The second-order valence-corrected chi connectivity index (χ2v) is 6.23. The normalized spacial score (nSPS) is 19.1. The van der Waals surface area contributed by atoms with Crippen LogP contribution in [-0.2, 0) is 17.8 Å². The molecular weight excluding hydrogens is 260 g/mol. The van der Waals surface area contributed by atoms with E-state index in [9.17, 15) is 0 Å². The van der Waals surface area contributed by atoms with Crippen LogP contribution < -0.4 is 5.32 Å². The Hall–Kier alpha value is -0.900. The average molecular weight is 290 g/mol. The quantitative estimate of drug-likeness (QED) is 0.745. The Morgan fingerprint density at radius 3 is 2.81 bits per heavy atom. The fourth-order valence-electron chi connectivity index (χ4n) is 3.03. The van der Waals surface area contributed by atoms with E-state index in [1.165, 1.54) is 30.4 Å². The van der Waals surface area contributed by atoms with Crippen molar-refractivity contribution in [3.63, 3.8) is 0 Å². The van der Waals surface area contributed by atoms with Crippen molar-refractivity contribution in [3.8, 4) is 0 Å². The predicted octanol–water partition coefficient (Wildman–Crippen LogP) is 3.04. The molecule has 1 N–H and O–H groups in total. The van der Waals surface area contributed by atoms with Gasteiger partial charge in [0.25, 0.3) is 0 Å². The van der Waals surface area contributed by atoms with E-state index < -0.39 is 0 Å². The van der Waals surface area contributed by atoms with Crippen LogP contribution in [0.4, 0.5) is 0 Å². The third-order valence-corrected chi connectivity index (χ3v) is 4.13. The molecule has 1 aromatic carbocycles. The monoisotopic (exact) mass is 290 g/mol. The van der Waals surface area contributed by atoms with Gasteiger partial charge in [-0.1, -0.05) is 31.2 Å². The molecule has 1 saturated heterocycles. The Kier molecular flexibility index (Phi) is 7.20. The van der Waals surface area contributed by atoms with Gasteiger partial charge in [-0.15, -0.1) is 0 Å². The van der Waals surface area contributed by atoms with Crippen molar-refractivity contribution < 1.29 is 4.74 Å². The number of benzene rings is 1. The Bertz CT molecular complexity index is 402. The maximum atomic E-state index is 5.59. The molecule has 0 bridgehead atoms. The molecule has 0 spiro atoms. The first kappa shape index (κ1) is 16.5. The SMILES string of the molecule is CCCNCc1ccccc1CN(C)CC1CCCOC1. The molecule has 2 rings (SSSR count). The summed E-state index contributed by atoms with van der Waals surface area (Å²) in [6, 6.07) is 8.80. The van der Waals surface area contributed by atoms with Crippen LogP contribution in [0.1, 0.15) is 37.3 Å². The molecule has 1 aromatic rings. The maximum Gasteiger partial charge on any atom is 0.0506 e. The summed E-state index contributed by atoms with van der Waals surface area (Å²) in [6.07, 6.45) is 3.71. The summed E-state index contributed by atoms with van der Waals surface area (Å²) in [6.45, 7) is 8.32. The van der Waals surface area contributed by atoms with Gasteiger partial charge >= 0.3 is 0 Å². The van der Waals surface area contributed by atoms with E-state index in [1.54, 1.807) is 0 Å². The highest BCUT2D eigenvalue weighted by Crippen LogP contribution is 2.17. The van der Waals surface area contributed by atoms with E-state index in [0.29, 0.717) is 5.92 Å². The van der Waals surface area contributed by atoms with E-state index in [4.69, 9.17) is 4.74 Å². The van der Waals surface area contributed by atoms with Crippen molar-refractivity contribution in [2.45, 2.75) is 39.3 Å². The first-order valence-corrected chi connectivity index (χ1v) is 8.33. The fourth-order valence-corrected chi connectivity index (χ4v) is 3.03. The topological polar surface area (TPSA) is 24.5 Å². The Morgan fingerprint density at radius 2 is 2.10 bits per heavy atom. The summed E-state index contributed by atoms with van der Waals surface area (Å²) in [7, 11) is 2.23. The van der Waals surface area contributed by atoms with Gasteiger partial charge in [-0.05, 0) is 49.9 Å². The minimum atomic E-state index is 0.703. The fraction of sp³-hybridized carbons (Fsp3) is 0.667. The molecule has 0 aliphatic carbocycles. The molecule has 21 heavy (non-hydrogen) atoms. The van der Waals surface area contributed by atoms with E-state index in [2.05, 4.69) is 48.5 Å². The average Bonchev–Trinajstić information content (AvgIpc) is 2.50. The van der Waals surface area contributed by atoms with Crippen LogP contribution in [0.3, 0.4) is 0 Å². The molecule has 1 atom stereocenters. The number of nitrogens with zero attached hydrogens (tertiary/aromatic N) is 1. The van der Waals surface area contributed by atoms with E-state index in [0.717, 1.165) is 39.4 Å². The Balaban J connectivity index is 1.85. The molecule has 0 aromatic heterocycles. The Labute approximate surface area is 129 Å². The van der Waals surface area contributed by atoms with Crippen molar-refractivity contribution in [1.29, 1.82) is 0 Å². The lowest BCUT2D eigenvalue weighted by molar-refractivity contribution is 0.0411. The lowest BCUT2D eigenvalue weighted by Gasteiger charge is -2.27. The van der Waals surface area contributed by atoms with Crippen LogP contribution in [0, 0.1) is 5.92 Å². The standard InChI is InChI=1S/C18H30N2O/c1-3-10-19-12-17-8-4-5-9-18(17)14-20(2)13-16-7-6-11-21-15-16/h4-5,8-9,16,19H,3,6-7,10-15H2,1-2H3. The van der Waals surface area contributed by atoms with E-state index >= 15 is 0 Å². The van der Waals surface area contributed by atoms with Gasteiger partial charge < -0.3 is 15.0 Å². The molecule has 1 aliphatic heterocycles. The second kappa shape index (κ2) is 9.19. The summed E-state index contributed by atoms with van der Waals surface area (Å²) in [5.41, 5.74) is 2.87. The highest BCUT2D eigenvalue weighted by molar-refractivity contribution is 5.26. The first-order chi connectivity index (χ1) is 10.3. The van der Waals surface area contributed by atoms with Crippen molar-refractivity contribution in [2.24, 2.45) is 5.92 Å². The molecule has 0 saturated carbocycles. The van der Waals surface area contributed by atoms with Gasteiger partial charge in [0.15, 0.2) is 0 Å². The van der Waals surface area contributed by atoms with Crippen LogP contribution in [-0.4, -0.2) is 38.3 Å². The zero-order valence-corrected chi connectivity index (χ0v) is 13.6. The van der Waals surface area contributed by atoms with Crippen molar-refractivity contribution >= 4 is 0 Å². The molecule has 118 valence electrons. The van der Waals surface area contributed by atoms with Crippen molar-refractivity contribution in [2.75, 3.05) is 33.4 Å². The predicted molar refractivity (Wildman–Crippen MR) is 88.3 cm³/mol. The highest BCUT2D eigenvalue weighted by Gasteiger charge is 2.16. The first-order valence-electron chi connectivity index (χ1n) is 8.33. The molecule has 3 nitrogen and oxygen atoms in total. The second-order valence-electron chi connectivity index (χ2n) is 6.23. The number of rotatable bonds is 8. The van der Waals surface area contributed by atoms with Crippen LogP contribution >= 0.6 is 0 Å². The molecule has 1 aliphatic rings. The molecule has 1 unspecified atom stereocenters. The van der Waals surface area contributed by atoms with Gasteiger partial charge in [-0.25, -0.2) is 0 Å². The van der Waals surface area contributed by atoms with Crippen LogP contribution in [0.25, 0.3) is 0 Å². The number of hydrogen-bond donors (Lipinski definition) is 1. The molecule has 0 amide bonds. The van der Waals surface area contributed by atoms with Gasteiger partial charge in [-0.2, -0.15) is 0 Å². The van der Waals surface area contributed by atoms with E-state index in [-0.39, 0.29) is 0 Å². The molecular formula is C18H30N2O. The molecule has 3 heteroatoms. The number of nitrogens with one attached hydrogen (secondary N) is 1. The third kappa shape index (κ3) is 5.77. The van der Waals surface area contributed by atoms with E-state index in [1.807, 2.05) is 0 Å². The van der Waals surface area contributed by atoms with Gasteiger partial charge in [0.2, 0.25) is 0 Å². The minimum Gasteiger partial charge on any atom is -0.381 e. The number of hydrogen-bond acceptors (Lipinski definition) is 3. The highest BCUT2D eigenvalue weighted by atomic mass is 16.5. The molecule has 1 heterocycles. The minimum absolute atomic E-state index is 0.703. The molecule has 1 fully saturated rings. The zero-order chi connectivity index (χ0) is 14.9. The maximum absolute atomic E-state index is 5.59. The smallest absolute Gasteiger partial charge is 0.0506 e. The Morgan fingerprint density at radius 1 is 1.29 bits per heavy atom. The van der Waals surface area contributed by atoms with Crippen LogP contribution in [0.15, 0.2) is 24.3 Å². The van der Waals surface area contributed by atoms with Gasteiger partial charge in [0.05, 0.1) is 6.61 Å². The van der Waals surface area contributed by atoms with Crippen molar-refractivity contribution in [1.82, 2.24) is 10.2 Å². The number of ether oxygens (including phenoxy) is 1. The van der Waals surface area contributed by atoms with Gasteiger partial charge in [0.1, 0.15) is 0 Å². The largest absolute Gasteiger partial charge is 0.381 e. The van der Waals surface area contributed by atoms with Crippen molar-refractivity contribution in [3.05, 3.63) is 35.4 Å². The lowest BCUT2D eigenvalue weighted by atomic mass is 10.0. The van der Waals surface area contributed by atoms with Gasteiger partial charge in [0, 0.05) is 26.2 Å². The lowest BCUT2D eigenvalue weighted by Crippen LogP contribution is -2.31. The molecule has 0 radical (unpaired) electrons. The zero-order valence-electron chi connectivity index (χ0n) is 13.6. The summed E-state index contributed by atoms with van der Waals surface area (Å²) in [5, 5.41) is 3.51.